The van der Waals surface area contributed by atoms with Crippen LogP contribution in [0.25, 0.3) is 0 Å². The van der Waals surface area contributed by atoms with Crippen molar-refractivity contribution in [3.05, 3.63) is 106 Å². The number of benzene rings is 3. The van der Waals surface area contributed by atoms with Gasteiger partial charge in [0, 0.05) is 172 Å². The van der Waals surface area contributed by atoms with Gasteiger partial charge in [0.2, 0.25) is 41.4 Å². The second kappa shape index (κ2) is 69.1. The summed E-state index contributed by atoms with van der Waals surface area (Å²) in [4.78, 5) is 126. The normalized spacial score (nSPS) is 11.6. The number of nitrogens with one attached hydrogen (secondary N) is 8. The fourth-order valence-electron chi connectivity index (χ4n) is 10.4. The summed E-state index contributed by atoms with van der Waals surface area (Å²) in [6.45, 7) is 50.4. The van der Waals surface area contributed by atoms with E-state index < -0.39 is 12.1 Å². The third-order valence-corrected chi connectivity index (χ3v) is 17.6. The molecule has 114 heavy (non-hydrogen) atoms. The smallest absolute Gasteiger partial charge is 0.220 e. The van der Waals surface area contributed by atoms with Gasteiger partial charge in [-0.1, -0.05) is 238 Å². The van der Waals surface area contributed by atoms with Crippen LogP contribution in [0.5, 0.6) is 0 Å². The first-order valence-corrected chi connectivity index (χ1v) is 40.8. The number of aryl methyl sites for hydroxylation is 3. The van der Waals surface area contributed by atoms with Crippen molar-refractivity contribution in [2.45, 2.75) is 373 Å². The van der Waals surface area contributed by atoms with Gasteiger partial charge in [0.15, 0.2) is 11.6 Å². The molecule has 7 amide bonds. The first-order valence-electron chi connectivity index (χ1n) is 40.8. The van der Waals surface area contributed by atoms with Crippen LogP contribution in [0.4, 0.5) is 0 Å². The summed E-state index contributed by atoms with van der Waals surface area (Å²) in [7, 11) is 1.84. The average molecular weight is 1880 g/mol. The van der Waals surface area contributed by atoms with E-state index in [2.05, 4.69) is 216 Å². The molecular weight excluding hydrogens is 1720 g/mol. The van der Waals surface area contributed by atoms with Gasteiger partial charge in [-0.2, -0.15) is 0 Å². The van der Waals surface area contributed by atoms with Crippen molar-refractivity contribution < 1.29 is 133 Å². The van der Waals surface area contributed by atoms with E-state index in [4.69, 9.17) is 0 Å². The van der Waals surface area contributed by atoms with E-state index in [0.29, 0.717) is 108 Å². The van der Waals surface area contributed by atoms with Gasteiger partial charge >= 0.3 is 0 Å². The van der Waals surface area contributed by atoms with Crippen molar-refractivity contribution >= 4 is 64.5 Å². The second-order valence-electron chi connectivity index (χ2n) is 35.4. The number of hydrogen-bond acceptors (Lipinski definition) is 12. The number of unbranched alkanes of at least 4 members (excludes halogenated alkanes) is 1. The number of ketones is 4. The molecule has 0 fully saturated rings. The van der Waals surface area contributed by atoms with Crippen molar-refractivity contribution in [2.75, 3.05) is 20.1 Å². The van der Waals surface area contributed by atoms with Crippen molar-refractivity contribution in [1.82, 2.24) is 42.5 Å². The molecule has 0 aliphatic heterocycles. The van der Waals surface area contributed by atoms with Gasteiger partial charge in [0.25, 0.3) is 0 Å². The summed E-state index contributed by atoms with van der Waals surface area (Å²) < 4.78 is 0. The molecule has 0 spiro atoms. The van der Waals surface area contributed by atoms with Crippen LogP contribution >= 0.6 is 0 Å². The molecule has 21 heteroatoms. The summed E-state index contributed by atoms with van der Waals surface area (Å²) in [5.41, 5.74) is 8.08. The van der Waals surface area contributed by atoms with E-state index in [1.807, 2.05) is 31.3 Å². The molecular formula is C93H164Gd2N8O11. The minimum Gasteiger partial charge on any atom is -0.356 e. The predicted octanol–water partition coefficient (Wildman–Crippen LogP) is 18.4. The molecule has 3 aromatic rings. The average Bonchev–Trinajstić information content (AvgIpc) is 0.856. The predicted molar refractivity (Wildman–Crippen MR) is 467 cm³/mol. The number of likely N-dealkylation sites (N-methyl/N-ethyl adjacent to an activating group) is 1. The van der Waals surface area contributed by atoms with Gasteiger partial charge in [-0.15, -0.1) is 0 Å². The van der Waals surface area contributed by atoms with Crippen molar-refractivity contribution in [3.63, 3.8) is 0 Å². The fraction of sp³-hybridized carbons (Fsp3) is 0.688. The fourth-order valence-corrected chi connectivity index (χ4v) is 10.4. The topological polar surface area (TPSA) is 284 Å². The van der Waals surface area contributed by atoms with E-state index >= 15 is 0 Å². The SMILES string of the molecule is C.C.CC(=O)C(CCCNC(=O)CCC(C)(C)C)NC(=O)CCC(C)(C)C.CC(=O)C(CCCNC(=O)CCC(C)(C)C)NC(=O)CCC(C)(C)C.CC(=O)NCc1ccc(CCC(=O)CCCC(C)(C)C)cc1.CCCCC(NC)C(C)=O.CCCc1ccc(CNC(C)=O)cc1.CCCc1ccc(CNC(C)=O)cc1.[Gd].[Gd]. The van der Waals surface area contributed by atoms with Crippen LogP contribution < -0.4 is 42.5 Å². The molecule has 0 saturated carbocycles. The van der Waals surface area contributed by atoms with Crippen molar-refractivity contribution in [3.8, 4) is 0 Å². The summed E-state index contributed by atoms with van der Waals surface area (Å²) in [6, 6.07) is 24.0. The number of hydrogen-bond donors (Lipinski definition) is 8. The third kappa shape index (κ3) is 81.0. The van der Waals surface area contributed by atoms with Crippen LogP contribution in [0.2, 0.25) is 0 Å². The summed E-state index contributed by atoms with van der Waals surface area (Å²) in [6.07, 6.45) is 19.6. The van der Waals surface area contributed by atoms with E-state index in [1.54, 1.807) is 6.92 Å². The van der Waals surface area contributed by atoms with Crippen LogP contribution in [0.15, 0.2) is 72.8 Å². The maximum absolute atomic E-state index is 12.0. The van der Waals surface area contributed by atoms with Crippen LogP contribution in [0, 0.1) is 107 Å². The Bertz CT molecular complexity index is 2960. The van der Waals surface area contributed by atoms with Crippen LogP contribution in [0.3, 0.4) is 0 Å². The number of carbonyl (C=O) groups excluding carboxylic acids is 11. The zero-order valence-electron chi connectivity index (χ0n) is 74.4. The number of carbonyl (C=O) groups is 11. The summed E-state index contributed by atoms with van der Waals surface area (Å²) in [5.74, 6) is 0.463. The molecule has 3 aromatic carbocycles. The Labute approximate surface area is 759 Å². The molecule has 0 aromatic heterocycles. The molecule has 3 rings (SSSR count). The molecule has 8 N–H and O–H groups in total. The zero-order chi connectivity index (χ0) is 84.7. The molecule has 3 unspecified atom stereocenters. The standard InChI is InChI=1S/2C20H38N2O3.C19H29NO2.2C12H17NO.C8H17NO.2CH4.2Gd/c2*1-15(23)16(22-18(25)11-13-20(5,6)7)9-8-14-21-17(24)10-12-19(2,3)4;1-15(21)20-14-17-9-7-16(8-10-17)11-12-18(22)6-5-13-19(2,3)4;2*1-3-4-11-5-7-12(8-6-11)9-13-10(2)14;1-4-5-6-8(9-3)7(2)10;;;;/h2*16H,8-14H2,1-7H3,(H,21,24)(H,22,25);7-10H,5-6,11-14H2,1-4H3,(H,20,21);2*5-8H,3-4,9H2,1-2H3,(H,13,14);8-9H,4-6H2,1-3H3;2*1H4;;. The number of Topliss-reactive ketones (excluding diaryl/α,β-unsaturated/α-hetero) is 4. The summed E-state index contributed by atoms with van der Waals surface area (Å²) in [5, 5.41) is 22.7. The largest absolute Gasteiger partial charge is 0.356 e. The van der Waals surface area contributed by atoms with Crippen molar-refractivity contribution in [2.24, 2.45) is 27.1 Å². The number of rotatable bonds is 41. The number of amides is 7. The molecule has 3 atom stereocenters. The van der Waals surface area contributed by atoms with Gasteiger partial charge in [-0.25, -0.2) is 0 Å². The maximum atomic E-state index is 12.0. The Morgan fingerprint density at radius 2 is 0.570 bits per heavy atom. The monoisotopic (exact) mass is 1890 g/mol. The minimum absolute atomic E-state index is 0. The molecule has 0 saturated heterocycles. The minimum atomic E-state index is -0.459. The Balaban J connectivity index is -0.000000245. The van der Waals surface area contributed by atoms with E-state index in [-0.39, 0.29) is 181 Å². The van der Waals surface area contributed by atoms with E-state index in [9.17, 15) is 52.7 Å². The molecule has 0 radical (unpaired) electrons. The van der Waals surface area contributed by atoms with Gasteiger partial charge < -0.3 is 42.5 Å². The molecule has 0 aliphatic rings. The maximum Gasteiger partial charge on any atom is 0.220 e. The first-order chi connectivity index (χ1) is 51.0. The Hall–Kier alpha value is -4.76. The van der Waals surface area contributed by atoms with Crippen LogP contribution in [-0.4, -0.2) is 103 Å². The Morgan fingerprint density at radius 3 is 0.816 bits per heavy atom. The second-order valence-corrected chi connectivity index (χ2v) is 35.4. The van der Waals surface area contributed by atoms with E-state index in [1.165, 1.54) is 64.2 Å². The molecule has 0 heterocycles. The molecule has 0 aliphatic carbocycles. The van der Waals surface area contributed by atoms with Crippen molar-refractivity contribution in [1.29, 1.82) is 0 Å². The first kappa shape index (κ1) is 122. The summed E-state index contributed by atoms with van der Waals surface area (Å²) >= 11 is 0. The quantitative estimate of drug-likeness (QED) is 0.0246. The van der Waals surface area contributed by atoms with Gasteiger partial charge in [-0.3, -0.25) is 52.7 Å². The molecule has 19 nitrogen and oxygen atoms in total. The van der Waals surface area contributed by atoms with Gasteiger partial charge in [0.1, 0.15) is 11.6 Å². The van der Waals surface area contributed by atoms with Crippen LogP contribution in [-0.2, 0) is 91.6 Å². The Morgan fingerprint density at radius 1 is 0.307 bits per heavy atom. The van der Waals surface area contributed by atoms with Gasteiger partial charge in [0.05, 0.1) is 18.1 Å². The zero-order valence-corrected chi connectivity index (χ0v) is 78.9. The van der Waals surface area contributed by atoms with E-state index in [0.717, 1.165) is 93.7 Å². The van der Waals surface area contributed by atoms with Crippen LogP contribution in [0.1, 0.15) is 349 Å². The van der Waals surface area contributed by atoms with Gasteiger partial charge in [-0.05, 0) is 178 Å². The molecule has 0 bridgehead atoms. The Kier molecular flexibility index (Phi) is 74.2. The third-order valence-electron chi connectivity index (χ3n) is 17.6. The molecule has 658 valence electrons.